The van der Waals surface area contributed by atoms with Crippen molar-refractivity contribution in [2.24, 2.45) is 0 Å². The summed E-state index contributed by atoms with van der Waals surface area (Å²) in [6, 6.07) is 13.4. The second-order valence-corrected chi connectivity index (χ2v) is 7.48. The van der Waals surface area contributed by atoms with E-state index >= 15 is 0 Å². The maximum Gasteiger partial charge on any atom is 0.223 e. The molecule has 1 atom stereocenters. The molecule has 1 amide bonds. The van der Waals surface area contributed by atoms with Gasteiger partial charge in [-0.15, -0.1) is 11.8 Å². The maximum absolute atomic E-state index is 12.8. The van der Waals surface area contributed by atoms with Crippen molar-refractivity contribution < 1.29 is 14.3 Å². The second kappa shape index (κ2) is 7.31. The summed E-state index contributed by atoms with van der Waals surface area (Å²) in [6.45, 7) is 4.18. The number of rotatable bonds is 5. The number of carbonyl (C=O) groups is 2. The van der Waals surface area contributed by atoms with Crippen LogP contribution in [0.15, 0.2) is 47.4 Å². The third-order valence-corrected chi connectivity index (χ3v) is 5.46. The molecule has 0 saturated carbocycles. The molecule has 0 aliphatic carbocycles. The molecule has 0 N–H and O–H groups in total. The average Bonchev–Trinajstić information content (AvgIpc) is 3.04. The Labute approximate surface area is 152 Å². The Bertz CT molecular complexity index is 818. The van der Waals surface area contributed by atoms with Crippen LogP contribution in [0, 0.1) is 0 Å². The van der Waals surface area contributed by atoms with Crippen molar-refractivity contribution in [3.05, 3.63) is 53.6 Å². The number of thioether (sulfide) groups is 1. The van der Waals surface area contributed by atoms with E-state index < -0.39 is 0 Å². The van der Waals surface area contributed by atoms with E-state index in [1.807, 2.05) is 49.4 Å². The number of ether oxygens (including phenoxy) is 1. The Balaban J connectivity index is 1.75. The Morgan fingerprint density at radius 1 is 1.20 bits per heavy atom. The van der Waals surface area contributed by atoms with Gasteiger partial charge < -0.3 is 9.64 Å². The SMILES string of the molecule is COc1cccc(SC(C)C(=O)c2ccc3c(c2)CCN3C(C)=O)c1. The molecule has 0 radical (unpaired) electrons. The standard InChI is InChI=1S/C20H21NO3S/c1-13(25-18-6-4-5-17(12-18)24-3)20(23)16-7-8-19-15(11-16)9-10-21(19)14(2)22/h4-8,11-13H,9-10H2,1-3H3. The monoisotopic (exact) mass is 355 g/mol. The number of carbonyl (C=O) groups excluding carboxylic acids is 2. The quantitative estimate of drug-likeness (QED) is 0.601. The number of anilines is 1. The number of nitrogens with zero attached hydrogens (tertiary/aromatic N) is 1. The van der Waals surface area contributed by atoms with Gasteiger partial charge in [-0.1, -0.05) is 6.07 Å². The first-order valence-electron chi connectivity index (χ1n) is 8.25. The van der Waals surface area contributed by atoms with Gasteiger partial charge in [0.2, 0.25) is 5.91 Å². The molecule has 0 bridgehead atoms. The van der Waals surface area contributed by atoms with Crippen molar-refractivity contribution in [1.82, 2.24) is 0 Å². The third-order valence-electron chi connectivity index (χ3n) is 4.36. The Morgan fingerprint density at radius 2 is 2.00 bits per heavy atom. The van der Waals surface area contributed by atoms with Gasteiger partial charge in [0.1, 0.15) is 5.75 Å². The smallest absolute Gasteiger partial charge is 0.223 e. The van der Waals surface area contributed by atoms with E-state index in [1.165, 1.54) is 11.8 Å². The van der Waals surface area contributed by atoms with E-state index in [4.69, 9.17) is 4.74 Å². The summed E-state index contributed by atoms with van der Waals surface area (Å²) >= 11 is 1.52. The second-order valence-electron chi connectivity index (χ2n) is 6.07. The molecule has 0 spiro atoms. The summed E-state index contributed by atoms with van der Waals surface area (Å²) < 4.78 is 5.23. The fourth-order valence-electron chi connectivity index (χ4n) is 3.05. The normalized spacial score (nSPS) is 14.1. The van der Waals surface area contributed by atoms with Crippen LogP contribution < -0.4 is 9.64 Å². The molecule has 2 aromatic rings. The highest BCUT2D eigenvalue weighted by molar-refractivity contribution is 8.00. The van der Waals surface area contributed by atoms with E-state index in [2.05, 4.69) is 0 Å². The van der Waals surface area contributed by atoms with Crippen LogP contribution in [0.25, 0.3) is 0 Å². The van der Waals surface area contributed by atoms with Crippen LogP contribution in [-0.2, 0) is 11.2 Å². The fourth-order valence-corrected chi connectivity index (χ4v) is 4.04. The molecule has 2 aromatic carbocycles. The predicted molar refractivity (Wildman–Crippen MR) is 101 cm³/mol. The molecule has 0 fully saturated rings. The lowest BCUT2D eigenvalue weighted by Gasteiger charge is -2.15. The number of amides is 1. The maximum atomic E-state index is 12.8. The Hall–Kier alpha value is -2.27. The van der Waals surface area contributed by atoms with Gasteiger partial charge in [-0.3, -0.25) is 9.59 Å². The van der Waals surface area contributed by atoms with Gasteiger partial charge in [0.15, 0.2) is 5.78 Å². The lowest BCUT2D eigenvalue weighted by Crippen LogP contribution is -2.25. The fraction of sp³-hybridized carbons (Fsp3) is 0.300. The van der Waals surface area contributed by atoms with Crippen molar-refractivity contribution in [2.45, 2.75) is 30.4 Å². The van der Waals surface area contributed by atoms with Crippen molar-refractivity contribution in [3.8, 4) is 5.75 Å². The highest BCUT2D eigenvalue weighted by Gasteiger charge is 2.24. The van der Waals surface area contributed by atoms with E-state index in [-0.39, 0.29) is 16.9 Å². The number of methoxy groups -OCH3 is 1. The van der Waals surface area contributed by atoms with Crippen LogP contribution in [0.4, 0.5) is 5.69 Å². The van der Waals surface area contributed by atoms with Crippen LogP contribution in [-0.4, -0.2) is 30.6 Å². The van der Waals surface area contributed by atoms with Crippen molar-refractivity contribution >= 4 is 29.1 Å². The van der Waals surface area contributed by atoms with E-state index in [0.717, 1.165) is 28.3 Å². The van der Waals surface area contributed by atoms with Crippen molar-refractivity contribution in [1.29, 1.82) is 0 Å². The number of Topliss-reactive ketones (excluding diaryl/α,β-unsaturated/α-hetero) is 1. The van der Waals surface area contributed by atoms with Gasteiger partial charge in [0.25, 0.3) is 0 Å². The van der Waals surface area contributed by atoms with Crippen LogP contribution in [0.3, 0.4) is 0 Å². The van der Waals surface area contributed by atoms with Crippen LogP contribution in [0.5, 0.6) is 5.75 Å². The Kier molecular flexibility index (Phi) is 5.13. The summed E-state index contributed by atoms with van der Waals surface area (Å²) in [5.74, 6) is 0.920. The molecule has 1 aliphatic rings. The number of benzene rings is 2. The minimum absolute atomic E-state index is 0.0415. The molecule has 1 unspecified atom stereocenters. The minimum atomic E-state index is -0.199. The number of hydrogen-bond donors (Lipinski definition) is 0. The van der Waals surface area contributed by atoms with E-state index in [9.17, 15) is 9.59 Å². The molecule has 0 aromatic heterocycles. The van der Waals surface area contributed by atoms with Crippen LogP contribution in [0.2, 0.25) is 0 Å². The number of hydrogen-bond acceptors (Lipinski definition) is 4. The average molecular weight is 355 g/mol. The first-order chi connectivity index (χ1) is 12.0. The molecule has 0 saturated heterocycles. The summed E-state index contributed by atoms with van der Waals surface area (Å²) in [6.07, 6.45) is 0.799. The van der Waals surface area contributed by atoms with E-state index in [0.29, 0.717) is 12.1 Å². The molecule has 1 heterocycles. The number of ketones is 1. The highest BCUT2D eigenvalue weighted by Crippen LogP contribution is 2.32. The summed E-state index contributed by atoms with van der Waals surface area (Å²) in [7, 11) is 1.63. The minimum Gasteiger partial charge on any atom is -0.497 e. The first-order valence-corrected chi connectivity index (χ1v) is 9.13. The third kappa shape index (κ3) is 3.71. The van der Waals surface area contributed by atoms with Gasteiger partial charge >= 0.3 is 0 Å². The van der Waals surface area contributed by atoms with Crippen LogP contribution >= 0.6 is 11.8 Å². The molecule has 5 heteroatoms. The van der Waals surface area contributed by atoms with Gasteiger partial charge in [0.05, 0.1) is 12.4 Å². The molecular weight excluding hydrogens is 334 g/mol. The Morgan fingerprint density at radius 3 is 2.72 bits per heavy atom. The van der Waals surface area contributed by atoms with Gasteiger partial charge in [-0.25, -0.2) is 0 Å². The zero-order valence-electron chi connectivity index (χ0n) is 14.6. The summed E-state index contributed by atoms with van der Waals surface area (Å²) in [5.41, 5.74) is 2.70. The molecule has 4 nitrogen and oxygen atoms in total. The highest BCUT2D eigenvalue weighted by atomic mass is 32.2. The number of fused-ring (bicyclic) bond motifs is 1. The predicted octanol–water partition coefficient (Wildman–Crippen LogP) is 3.97. The van der Waals surface area contributed by atoms with Gasteiger partial charge in [-0.05, 0) is 55.3 Å². The van der Waals surface area contributed by atoms with Crippen molar-refractivity contribution in [3.63, 3.8) is 0 Å². The summed E-state index contributed by atoms with van der Waals surface area (Å²) in [5, 5.41) is -0.199. The van der Waals surface area contributed by atoms with E-state index in [1.54, 1.807) is 18.9 Å². The zero-order valence-corrected chi connectivity index (χ0v) is 15.4. The van der Waals surface area contributed by atoms with Crippen LogP contribution in [0.1, 0.15) is 29.8 Å². The zero-order chi connectivity index (χ0) is 18.0. The lowest BCUT2D eigenvalue weighted by atomic mass is 10.0. The lowest BCUT2D eigenvalue weighted by molar-refractivity contribution is -0.116. The summed E-state index contributed by atoms with van der Waals surface area (Å²) in [4.78, 5) is 27.2. The van der Waals surface area contributed by atoms with Gasteiger partial charge in [-0.2, -0.15) is 0 Å². The molecule has 1 aliphatic heterocycles. The molecular formula is C20H21NO3S. The molecule has 25 heavy (non-hydrogen) atoms. The largest absolute Gasteiger partial charge is 0.497 e. The van der Waals surface area contributed by atoms with Gasteiger partial charge in [0, 0.05) is 29.6 Å². The molecule has 3 rings (SSSR count). The topological polar surface area (TPSA) is 46.6 Å². The first kappa shape index (κ1) is 17.5. The van der Waals surface area contributed by atoms with Crippen molar-refractivity contribution in [2.75, 3.05) is 18.6 Å². The molecule has 130 valence electrons.